The third-order valence-corrected chi connectivity index (χ3v) is 6.59. The molecule has 4 unspecified atom stereocenters. The van der Waals surface area contributed by atoms with Crippen LogP contribution in [0.2, 0.25) is 0 Å². The number of aliphatic carboxylic acids is 1. The minimum absolute atomic E-state index is 0.259. The fourth-order valence-corrected chi connectivity index (χ4v) is 5.54. The van der Waals surface area contributed by atoms with E-state index in [4.69, 9.17) is 0 Å². The van der Waals surface area contributed by atoms with Gasteiger partial charge >= 0.3 is 5.97 Å². The summed E-state index contributed by atoms with van der Waals surface area (Å²) in [5, 5.41) is 11.9. The van der Waals surface area contributed by atoms with E-state index in [1.54, 1.807) is 11.3 Å². The van der Waals surface area contributed by atoms with Crippen LogP contribution in [0.5, 0.6) is 0 Å². The van der Waals surface area contributed by atoms with Crippen molar-refractivity contribution in [1.82, 2.24) is 4.90 Å². The molecule has 3 fully saturated rings. The zero-order valence-corrected chi connectivity index (χ0v) is 13.1. The van der Waals surface area contributed by atoms with E-state index in [0.29, 0.717) is 23.9 Å². The quantitative estimate of drug-likeness (QED) is 0.916. The number of likely N-dealkylation sites (tertiary alicyclic amines) is 1. The summed E-state index contributed by atoms with van der Waals surface area (Å²) in [5.41, 5.74) is 0. The molecule has 0 spiro atoms. The predicted molar refractivity (Wildman–Crippen MR) is 83.4 cm³/mol. The molecule has 2 aliphatic carbocycles. The highest BCUT2D eigenvalue weighted by molar-refractivity contribution is 7.10. The van der Waals surface area contributed by atoms with E-state index in [2.05, 4.69) is 22.4 Å². The Morgan fingerprint density at radius 3 is 2.76 bits per heavy atom. The molecule has 2 heterocycles. The van der Waals surface area contributed by atoms with Gasteiger partial charge in [0, 0.05) is 17.0 Å². The number of hydrogen-bond donors (Lipinski definition) is 1. The lowest BCUT2D eigenvalue weighted by Crippen LogP contribution is -2.45. The molecule has 1 aromatic rings. The summed E-state index contributed by atoms with van der Waals surface area (Å²) in [7, 11) is 0. The van der Waals surface area contributed by atoms with Gasteiger partial charge in [0.25, 0.3) is 0 Å². The summed E-state index contributed by atoms with van der Waals surface area (Å²) in [6, 6.07) is 4.93. The summed E-state index contributed by atoms with van der Waals surface area (Å²) in [6.45, 7) is 0. The molecule has 0 amide bonds. The molecule has 114 valence electrons. The highest BCUT2D eigenvalue weighted by Crippen LogP contribution is 2.52. The van der Waals surface area contributed by atoms with E-state index in [0.717, 1.165) is 6.42 Å². The number of nitrogens with zero attached hydrogens (tertiary/aromatic N) is 1. The van der Waals surface area contributed by atoms with Crippen molar-refractivity contribution in [1.29, 1.82) is 0 Å². The topological polar surface area (TPSA) is 40.5 Å². The van der Waals surface area contributed by atoms with Crippen LogP contribution in [-0.4, -0.2) is 28.1 Å². The molecule has 3 nitrogen and oxygen atoms in total. The molecule has 0 bridgehead atoms. The van der Waals surface area contributed by atoms with Crippen LogP contribution in [0.4, 0.5) is 0 Å². The van der Waals surface area contributed by atoms with Crippen LogP contribution in [0.15, 0.2) is 17.5 Å². The summed E-state index contributed by atoms with van der Waals surface area (Å²) in [6.07, 6.45) is 8.39. The number of thiophene rings is 1. The average Bonchev–Trinajstić information content (AvgIpc) is 3.02. The molecule has 0 radical (unpaired) electrons. The van der Waals surface area contributed by atoms with Crippen molar-refractivity contribution >= 4 is 17.3 Å². The van der Waals surface area contributed by atoms with Crippen molar-refractivity contribution in [3.63, 3.8) is 0 Å². The molecular weight excluding hydrogens is 282 g/mol. The first-order chi connectivity index (χ1) is 10.3. The third kappa shape index (κ3) is 2.42. The van der Waals surface area contributed by atoms with E-state index < -0.39 is 5.97 Å². The Bertz CT molecular complexity index is 511. The van der Waals surface area contributed by atoms with Gasteiger partial charge < -0.3 is 5.11 Å². The SMILES string of the molecule is O=C(O)C1CC2CCCCC2N1C(c1cccs1)C1CC1. The van der Waals surface area contributed by atoms with Gasteiger partial charge in [0.1, 0.15) is 6.04 Å². The minimum Gasteiger partial charge on any atom is -0.480 e. The third-order valence-electron chi connectivity index (χ3n) is 5.65. The van der Waals surface area contributed by atoms with Crippen LogP contribution in [0.25, 0.3) is 0 Å². The fraction of sp³-hybridized carbons (Fsp3) is 0.706. The number of carbonyl (C=O) groups is 1. The normalized spacial score (nSPS) is 34.6. The van der Waals surface area contributed by atoms with Gasteiger partial charge in [0.05, 0.1) is 0 Å². The van der Waals surface area contributed by atoms with Gasteiger partial charge in [-0.05, 0) is 55.4 Å². The Hall–Kier alpha value is -0.870. The molecule has 1 aromatic heterocycles. The lowest BCUT2D eigenvalue weighted by Gasteiger charge is -2.38. The number of hydrogen-bond acceptors (Lipinski definition) is 3. The van der Waals surface area contributed by atoms with E-state index in [9.17, 15) is 9.90 Å². The Labute approximate surface area is 130 Å². The molecule has 1 aliphatic heterocycles. The molecule has 4 rings (SSSR count). The zero-order chi connectivity index (χ0) is 14.4. The summed E-state index contributed by atoms with van der Waals surface area (Å²) in [5.74, 6) is 0.693. The Balaban J connectivity index is 1.69. The second-order valence-corrected chi connectivity index (χ2v) is 7.93. The van der Waals surface area contributed by atoms with Crippen molar-refractivity contribution in [3.8, 4) is 0 Å². The number of rotatable bonds is 4. The van der Waals surface area contributed by atoms with Crippen LogP contribution in [0.1, 0.15) is 55.9 Å². The maximum atomic E-state index is 11.8. The van der Waals surface area contributed by atoms with Gasteiger partial charge in [-0.3, -0.25) is 9.69 Å². The highest BCUT2D eigenvalue weighted by Gasteiger charge is 2.51. The lowest BCUT2D eigenvalue weighted by molar-refractivity contribution is -0.144. The standard InChI is InChI=1S/C17H23NO2S/c19-17(20)14-10-12-4-1-2-5-13(12)18(14)16(11-7-8-11)15-6-3-9-21-15/h3,6,9,11-14,16H,1-2,4-5,7-8,10H2,(H,19,20). The smallest absolute Gasteiger partial charge is 0.320 e. The van der Waals surface area contributed by atoms with Gasteiger partial charge in [0.2, 0.25) is 0 Å². The first-order valence-corrected chi connectivity index (χ1v) is 9.17. The Morgan fingerprint density at radius 1 is 1.29 bits per heavy atom. The monoisotopic (exact) mass is 305 g/mol. The summed E-state index contributed by atoms with van der Waals surface area (Å²) < 4.78 is 0. The fourth-order valence-electron chi connectivity index (χ4n) is 4.62. The first-order valence-electron chi connectivity index (χ1n) is 8.29. The molecule has 0 aromatic carbocycles. The van der Waals surface area contributed by atoms with Crippen molar-refractivity contribution < 1.29 is 9.90 Å². The lowest BCUT2D eigenvalue weighted by atomic mass is 9.84. The number of carboxylic acids is 1. The van der Waals surface area contributed by atoms with Crippen LogP contribution in [-0.2, 0) is 4.79 Å². The predicted octanol–water partition coefficient (Wildman–Crippen LogP) is 3.92. The first kappa shape index (κ1) is 13.8. The van der Waals surface area contributed by atoms with Crippen molar-refractivity contribution in [3.05, 3.63) is 22.4 Å². The van der Waals surface area contributed by atoms with Gasteiger partial charge in [-0.25, -0.2) is 0 Å². The minimum atomic E-state index is -0.605. The van der Waals surface area contributed by atoms with E-state index in [1.807, 2.05) is 0 Å². The van der Waals surface area contributed by atoms with E-state index >= 15 is 0 Å². The Morgan fingerprint density at radius 2 is 2.10 bits per heavy atom. The second-order valence-electron chi connectivity index (χ2n) is 6.95. The second kappa shape index (κ2) is 5.40. The van der Waals surface area contributed by atoms with E-state index in [1.165, 1.54) is 43.4 Å². The van der Waals surface area contributed by atoms with Crippen molar-refractivity contribution in [2.45, 2.75) is 63.1 Å². The van der Waals surface area contributed by atoms with Gasteiger partial charge in [-0.15, -0.1) is 11.3 Å². The largest absolute Gasteiger partial charge is 0.480 e. The molecule has 3 aliphatic rings. The van der Waals surface area contributed by atoms with Crippen LogP contribution in [0.3, 0.4) is 0 Å². The van der Waals surface area contributed by atoms with Gasteiger partial charge in [0.15, 0.2) is 0 Å². The molecule has 4 atom stereocenters. The molecule has 1 saturated heterocycles. The maximum absolute atomic E-state index is 11.8. The molecule has 21 heavy (non-hydrogen) atoms. The number of fused-ring (bicyclic) bond motifs is 1. The maximum Gasteiger partial charge on any atom is 0.320 e. The summed E-state index contributed by atoms with van der Waals surface area (Å²) in [4.78, 5) is 15.6. The van der Waals surface area contributed by atoms with Gasteiger partial charge in [-0.1, -0.05) is 18.9 Å². The highest BCUT2D eigenvalue weighted by atomic mass is 32.1. The zero-order valence-electron chi connectivity index (χ0n) is 12.3. The van der Waals surface area contributed by atoms with Crippen molar-refractivity contribution in [2.75, 3.05) is 0 Å². The van der Waals surface area contributed by atoms with Crippen LogP contribution in [0, 0.1) is 11.8 Å². The van der Waals surface area contributed by atoms with Gasteiger partial charge in [-0.2, -0.15) is 0 Å². The molecule has 2 saturated carbocycles. The molecular formula is C17H23NO2S. The Kier molecular flexibility index (Phi) is 3.54. The number of carboxylic acid groups (broad SMARTS) is 1. The van der Waals surface area contributed by atoms with Crippen LogP contribution >= 0.6 is 11.3 Å². The van der Waals surface area contributed by atoms with Crippen LogP contribution < -0.4 is 0 Å². The summed E-state index contributed by atoms with van der Waals surface area (Å²) >= 11 is 1.80. The molecule has 4 heteroatoms. The average molecular weight is 305 g/mol. The molecule has 1 N–H and O–H groups in total. The van der Waals surface area contributed by atoms with Crippen molar-refractivity contribution in [2.24, 2.45) is 11.8 Å². The van der Waals surface area contributed by atoms with E-state index in [-0.39, 0.29) is 6.04 Å².